The number of nitrogens with zero attached hydrogens (tertiary/aromatic N) is 2. The minimum absolute atomic E-state index is 0.654. The fourth-order valence-electron chi connectivity index (χ4n) is 1.04. The van der Waals surface area contributed by atoms with Crippen molar-refractivity contribution in [1.29, 1.82) is 0 Å². The van der Waals surface area contributed by atoms with E-state index in [-0.39, 0.29) is 0 Å². The zero-order valence-corrected chi connectivity index (χ0v) is 8.69. The molecule has 0 aromatic carbocycles. The molecule has 0 saturated carbocycles. The molecule has 78 valence electrons. The molecule has 0 spiro atoms. The van der Waals surface area contributed by atoms with Gasteiger partial charge in [0, 0.05) is 31.2 Å². The molecule has 1 aromatic heterocycles. The van der Waals surface area contributed by atoms with E-state index in [4.69, 9.17) is 0 Å². The average molecular weight is 201 g/mol. The summed E-state index contributed by atoms with van der Waals surface area (Å²) < 4.78 is 0. The van der Waals surface area contributed by atoms with E-state index < -0.39 is 0 Å². The second kappa shape index (κ2) is 6.68. The molecular weight excluding hydrogens is 186 g/mol. The second-order valence-corrected chi connectivity index (χ2v) is 3.00. The van der Waals surface area contributed by atoms with E-state index in [2.05, 4.69) is 28.5 Å². The Morgan fingerprint density at radius 3 is 3.07 bits per heavy atom. The summed E-state index contributed by atoms with van der Waals surface area (Å²) in [6, 6.07) is 5.84. The van der Waals surface area contributed by atoms with Gasteiger partial charge in [-0.05, 0) is 12.1 Å². The highest BCUT2D eigenvalue weighted by atomic mass is 14.9. The van der Waals surface area contributed by atoms with Gasteiger partial charge in [0.25, 0.3) is 0 Å². The summed E-state index contributed by atoms with van der Waals surface area (Å²) in [6.45, 7) is 8.71. The van der Waals surface area contributed by atoms with E-state index >= 15 is 0 Å². The lowest BCUT2D eigenvalue weighted by atomic mass is 10.3. The fraction of sp³-hybridized carbons (Fsp3) is 0.167. The maximum Gasteiger partial charge on any atom is 0.0541 e. The van der Waals surface area contributed by atoms with Crippen LogP contribution in [0.3, 0.4) is 0 Å². The first-order valence-corrected chi connectivity index (χ1v) is 4.76. The number of aromatic nitrogens is 1. The van der Waals surface area contributed by atoms with Crippen molar-refractivity contribution in [3.05, 3.63) is 55.0 Å². The van der Waals surface area contributed by atoms with Gasteiger partial charge >= 0.3 is 0 Å². The minimum atomic E-state index is 0.654. The van der Waals surface area contributed by atoms with Gasteiger partial charge in [-0.2, -0.15) is 0 Å². The number of hydrogen-bond donors (Lipinski definition) is 1. The number of hydrogen-bond acceptors (Lipinski definition) is 3. The largest absolute Gasteiger partial charge is 0.306 e. The van der Waals surface area contributed by atoms with Gasteiger partial charge in [0.1, 0.15) is 0 Å². The SMILES string of the molecule is C=CC=NC(=C)CNCc1ccccn1. The lowest BCUT2D eigenvalue weighted by molar-refractivity contribution is 0.721. The zero-order valence-electron chi connectivity index (χ0n) is 8.69. The molecule has 1 aromatic rings. The molecule has 1 rings (SSSR count). The third kappa shape index (κ3) is 4.88. The Morgan fingerprint density at radius 2 is 2.40 bits per heavy atom. The molecule has 0 saturated heterocycles. The molecule has 3 heteroatoms. The van der Waals surface area contributed by atoms with Crippen LogP contribution in [0.2, 0.25) is 0 Å². The van der Waals surface area contributed by atoms with E-state index in [9.17, 15) is 0 Å². The maximum atomic E-state index is 4.19. The van der Waals surface area contributed by atoms with Gasteiger partial charge in [0.2, 0.25) is 0 Å². The maximum absolute atomic E-state index is 4.19. The van der Waals surface area contributed by atoms with Crippen molar-refractivity contribution < 1.29 is 0 Å². The number of nitrogens with one attached hydrogen (secondary N) is 1. The Hall–Kier alpha value is -1.74. The third-order valence-corrected chi connectivity index (χ3v) is 1.72. The van der Waals surface area contributed by atoms with Crippen LogP contribution in [0.5, 0.6) is 0 Å². The summed E-state index contributed by atoms with van der Waals surface area (Å²) in [6.07, 6.45) is 5.04. The molecule has 0 fully saturated rings. The van der Waals surface area contributed by atoms with Gasteiger partial charge in [-0.15, -0.1) is 0 Å². The van der Waals surface area contributed by atoms with Crippen molar-refractivity contribution in [3.63, 3.8) is 0 Å². The quantitative estimate of drug-likeness (QED) is 0.714. The Bertz CT molecular complexity index is 341. The van der Waals surface area contributed by atoms with Crippen LogP contribution in [0.15, 0.2) is 54.3 Å². The predicted molar refractivity (Wildman–Crippen MR) is 63.8 cm³/mol. The van der Waals surface area contributed by atoms with Gasteiger partial charge in [0.15, 0.2) is 0 Å². The fourth-order valence-corrected chi connectivity index (χ4v) is 1.04. The van der Waals surface area contributed by atoms with Gasteiger partial charge in [-0.25, -0.2) is 0 Å². The van der Waals surface area contributed by atoms with Crippen molar-refractivity contribution >= 4 is 6.21 Å². The summed E-state index contributed by atoms with van der Waals surface area (Å²) in [5.74, 6) is 0. The lowest BCUT2D eigenvalue weighted by Gasteiger charge is -2.02. The zero-order chi connectivity index (χ0) is 10.9. The predicted octanol–water partition coefficient (Wildman–Crippen LogP) is 1.94. The van der Waals surface area contributed by atoms with Crippen LogP contribution in [0, 0.1) is 0 Å². The van der Waals surface area contributed by atoms with E-state index in [0.717, 1.165) is 17.9 Å². The molecule has 0 radical (unpaired) electrons. The van der Waals surface area contributed by atoms with Crippen molar-refractivity contribution in [2.45, 2.75) is 6.54 Å². The highest BCUT2D eigenvalue weighted by Gasteiger charge is 1.92. The second-order valence-electron chi connectivity index (χ2n) is 3.00. The topological polar surface area (TPSA) is 37.3 Å². The first kappa shape index (κ1) is 11.3. The van der Waals surface area contributed by atoms with Crippen LogP contribution in [0.1, 0.15) is 5.69 Å². The normalized spacial score (nSPS) is 10.4. The minimum Gasteiger partial charge on any atom is -0.306 e. The van der Waals surface area contributed by atoms with Crippen molar-refractivity contribution in [2.75, 3.05) is 6.54 Å². The highest BCUT2D eigenvalue weighted by Crippen LogP contribution is 1.93. The molecule has 3 nitrogen and oxygen atoms in total. The molecule has 0 aliphatic rings. The number of rotatable bonds is 6. The van der Waals surface area contributed by atoms with Crippen LogP contribution < -0.4 is 5.32 Å². The standard InChI is InChI=1S/C12H15N3/c1-3-7-14-11(2)9-13-10-12-6-4-5-8-15-12/h3-8,13H,1-2,9-10H2. The summed E-state index contributed by atoms with van der Waals surface area (Å²) >= 11 is 0. The van der Waals surface area contributed by atoms with Crippen LogP contribution in [0.25, 0.3) is 0 Å². The summed E-state index contributed by atoms with van der Waals surface area (Å²) in [4.78, 5) is 8.24. The molecule has 0 aliphatic carbocycles. The summed E-state index contributed by atoms with van der Waals surface area (Å²) in [7, 11) is 0. The molecule has 0 aliphatic heterocycles. The van der Waals surface area contributed by atoms with Crippen LogP contribution in [-0.2, 0) is 6.54 Å². The Kier molecular flexibility index (Phi) is 5.04. The number of pyridine rings is 1. The lowest BCUT2D eigenvalue weighted by Crippen LogP contribution is -2.16. The van der Waals surface area contributed by atoms with Crippen LogP contribution in [0.4, 0.5) is 0 Å². The number of allylic oxidation sites excluding steroid dienone is 1. The van der Waals surface area contributed by atoms with E-state index in [1.165, 1.54) is 0 Å². The van der Waals surface area contributed by atoms with Crippen LogP contribution >= 0.6 is 0 Å². The van der Waals surface area contributed by atoms with Crippen molar-refractivity contribution in [1.82, 2.24) is 10.3 Å². The molecule has 15 heavy (non-hydrogen) atoms. The molecular formula is C12H15N3. The van der Waals surface area contributed by atoms with E-state index in [1.54, 1.807) is 18.5 Å². The molecule has 1 N–H and O–H groups in total. The van der Waals surface area contributed by atoms with Crippen LogP contribution in [-0.4, -0.2) is 17.7 Å². The van der Waals surface area contributed by atoms with E-state index in [0.29, 0.717) is 6.54 Å². The van der Waals surface area contributed by atoms with Gasteiger partial charge in [-0.3, -0.25) is 9.98 Å². The molecule has 0 unspecified atom stereocenters. The summed E-state index contributed by atoms with van der Waals surface area (Å²) in [5, 5.41) is 3.20. The highest BCUT2D eigenvalue weighted by molar-refractivity contribution is 5.71. The van der Waals surface area contributed by atoms with Crippen molar-refractivity contribution in [2.24, 2.45) is 4.99 Å². The Balaban J connectivity index is 2.25. The first-order chi connectivity index (χ1) is 7.33. The van der Waals surface area contributed by atoms with Gasteiger partial charge in [-0.1, -0.05) is 25.3 Å². The third-order valence-electron chi connectivity index (χ3n) is 1.72. The number of aliphatic imine (C=N–C) groups is 1. The smallest absolute Gasteiger partial charge is 0.0541 e. The van der Waals surface area contributed by atoms with Gasteiger partial charge < -0.3 is 5.32 Å². The summed E-state index contributed by atoms with van der Waals surface area (Å²) in [5.41, 5.74) is 1.80. The molecule has 0 atom stereocenters. The Labute approximate surface area is 90.3 Å². The first-order valence-electron chi connectivity index (χ1n) is 4.76. The molecule has 0 bridgehead atoms. The monoisotopic (exact) mass is 201 g/mol. The van der Waals surface area contributed by atoms with Gasteiger partial charge in [0.05, 0.1) is 5.69 Å². The molecule has 0 amide bonds. The Morgan fingerprint density at radius 1 is 1.53 bits per heavy atom. The van der Waals surface area contributed by atoms with E-state index in [1.807, 2.05) is 18.2 Å². The van der Waals surface area contributed by atoms with Crippen molar-refractivity contribution in [3.8, 4) is 0 Å². The average Bonchev–Trinajstić information content (AvgIpc) is 2.28. The molecule has 1 heterocycles.